The van der Waals surface area contributed by atoms with Crippen molar-refractivity contribution < 1.29 is 18.3 Å². The van der Waals surface area contributed by atoms with Crippen LogP contribution in [0.25, 0.3) is 11.0 Å². The summed E-state index contributed by atoms with van der Waals surface area (Å²) in [4.78, 5) is 19.6. The molecule has 0 radical (unpaired) electrons. The smallest absolute Gasteiger partial charge is 0.358 e. The van der Waals surface area contributed by atoms with E-state index < -0.39 is 16.0 Å². The third-order valence-electron chi connectivity index (χ3n) is 3.20. The molecule has 1 heterocycles. The van der Waals surface area contributed by atoms with Gasteiger partial charge in [-0.2, -0.15) is 0 Å². The Kier molecular flexibility index (Phi) is 3.87. The molecule has 0 bridgehead atoms. The minimum Gasteiger partial charge on any atom is -0.476 e. The molecule has 1 aromatic heterocycles. The molecule has 0 atom stereocenters. The number of rotatable bonds is 4. The van der Waals surface area contributed by atoms with E-state index in [0.717, 1.165) is 0 Å². The molecule has 0 amide bonds. The van der Waals surface area contributed by atoms with Crippen molar-refractivity contribution in [1.82, 2.24) is 9.97 Å². The lowest BCUT2D eigenvalue weighted by atomic mass is 10.2. The average Bonchev–Trinajstić information content (AvgIpc) is 2.53. The highest BCUT2D eigenvalue weighted by atomic mass is 32.2. The highest BCUT2D eigenvalue weighted by Crippen LogP contribution is 2.22. The van der Waals surface area contributed by atoms with E-state index in [-0.39, 0.29) is 16.4 Å². The van der Waals surface area contributed by atoms with E-state index in [1.54, 1.807) is 30.3 Å². The number of nitrogens with two attached hydrogens (primary N) is 1. The second kappa shape index (κ2) is 5.87. The zero-order valence-corrected chi connectivity index (χ0v) is 13.0. The lowest BCUT2D eigenvalue weighted by Crippen LogP contribution is -2.12. The number of sulfonamides is 1. The van der Waals surface area contributed by atoms with Crippen LogP contribution in [-0.2, 0) is 10.0 Å². The van der Waals surface area contributed by atoms with Crippen LogP contribution in [0.2, 0.25) is 0 Å². The van der Waals surface area contributed by atoms with Gasteiger partial charge in [0.15, 0.2) is 11.5 Å². The summed E-state index contributed by atoms with van der Waals surface area (Å²) in [6, 6.07) is 12.5. The Bertz CT molecular complexity index is 1050. The second-order valence-corrected chi connectivity index (χ2v) is 6.47. The van der Waals surface area contributed by atoms with Crippen LogP contribution in [0.3, 0.4) is 0 Å². The lowest BCUT2D eigenvalue weighted by molar-refractivity contribution is 0.0691. The van der Waals surface area contributed by atoms with Gasteiger partial charge in [0, 0.05) is 5.69 Å². The highest BCUT2D eigenvalue weighted by Gasteiger charge is 2.16. The van der Waals surface area contributed by atoms with Crippen LogP contribution in [-0.4, -0.2) is 29.5 Å². The van der Waals surface area contributed by atoms with E-state index in [0.29, 0.717) is 16.7 Å². The molecule has 24 heavy (non-hydrogen) atoms. The van der Waals surface area contributed by atoms with Crippen LogP contribution >= 0.6 is 0 Å². The summed E-state index contributed by atoms with van der Waals surface area (Å²) in [5, 5.41) is 17.2. The molecule has 0 saturated heterocycles. The van der Waals surface area contributed by atoms with Gasteiger partial charge in [0.1, 0.15) is 0 Å². The van der Waals surface area contributed by atoms with E-state index >= 15 is 0 Å². The number of hydrogen-bond acceptors (Lipinski definition) is 6. The van der Waals surface area contributed by atoms with Crippen LogP contribution < -0.4 is 10.5 Å². The summed E-state index contributed by atoms with van der Waals surface area (Å²) in [6.07, 6.45) is 0. The Morgan fingerprint density at radius 1 is 1.04 bits per heavy atom. The molecule has 8 nitrogen and oxygen atoms in total. The number of hydrogen-bond donors (Lipinski definition) is 3. The van der Waals surface area contributed by atoms with Gasteiger partial charge in [-0.15, -0.1) is 0 Å². The molecular formula is C15H12N4O4S. The molecule has 0 unspecified atom stereocenters. The average molecular weight is 344 g/mol. The largest absolute Gasteiger partial charge is 0.476 e. The molecule has 0 aliphatic heterocycles. The normalized spacial score (nSPS) is 11.4. The number of carboxylic acid groups (broad SMARTS) is 1. The maximum atomic E-state index is 11.4. The molecule has 0 saturated carbocycles. The third kappa shape index (κ3) is 3.16. The zero-order valence-electron chi connectivity index (χ0n) is 12.2. The molecule has 3 aromatic rings. The number of aromatic nitrogens is 2. The Labute approximate surface area is 137 Å². The number of anilines is 2. The first kappa shape index (κ1) is 15.8. The summed E-state index contributed by atoms with van der Waals surface area (Å²) in [6.45, 7) is 0. The van der Waals surface area contributed by atoms with Crippen molar-refractivity contribution >= 4 is 38.5 Å². The van der Waals surface area contributed by atoms with Crippen molar-refractivity contribution in [2.75, 3.05) is 5.32 Å². The Morgan fingerprint density at radius 3 is 2.33 bits per heavy atom. The van der Waals surface area contributed by atoms with E-state index in [1.165, 1.54) is 18.2 Å². The van der Waals surface area contributed by atoms with Crippen molar-refractivity contribution in [3.8, 4) is 0 Å². The van der Waals surface area contributed by atoms with Crippen LogP contribution in [0, 0.1) is 0 Å². The molecule has 9 heteroatoms. The number of para-hydroxylation sites is 2. The van der Waals surface area contributed by atoms with Gasteiger partial charge in [-0.1, -0.05) is 18.2 Å². The van der Waals surface area contributed by atoms with Gasteiger partial charge in [0.05, 0.1) is 15.9 Å². The number of nitrogens with one attached hydrogen (secondary N) is 1. The maximum Gasteiger partial charge on any atom is 0.358 e. The summed E-state index contributed by atoms with van der Waals surface area (Å²) in [5.41, 5.74) is 1.01. The minimum absolute atomic E-state index is 0.00719. The minimum atomic E-state index is -3.87. The molecule has 4 N–H and O–H groups in total. The number of fused-ring (bicyclic) bond motifs is 1. The van der Waals surface area contributed by atoms with Gasteiger partial charge in [-0.25, -0.2) is 28.3 Å². The third-order valence-corrected chi connectivity index (χ3v) is 4.11. The van der Waals surface area contributed by atoms with Gasteiger partial charge in [-0.3, -0.25) is 0 Å². The first-order valence-corrected chi connectivity index (χ1v) is 8.29. The second-order valence-electron chi connectivity index (χ2n) is 4.91. The Hall–Kier alpha value is -3.04. The Morgan fingerprint density at radius 2 is 1.71 bits per heavy atom. The topological polar surface area (TPSA) is 135 Å². The number of aromatic carboxylic acids is 1. The van der Waals surface area contributed by atoms with Gasteiger partial charge < -0.3 is 10.4 Å². The molecule has 0 aliphatic carbocycles. The summed E-state index contributed by atoms with van der Waals surface area (Å²) >= 11 is 0. The lowest BCUT2D eigenvalue weighted by Gasteiger charge is -2.10. The monoisotopic (exact) mass is 344 g/mol. The van der Waals surface area contributed by atoms with Crippen molar-refractivity contribution in [3.05, 3.63) is 54.2 Å². The summed E-state index contributed by atoms with van der Waals surface area (Å²) in [7, 11) is -3.87. The van der Waals surface area contributed by atoms with Crippen molar-refractivity contribution in [2.24, 2.45) is 5.14 Å². The van der Waals surface area contributed by atoms with Crippen molar-refractivity contribution in [2.45, 2.75) is 4.90 Å². The van der Waals surface area contributed by atoms with E-state index in [2.05, 4.69) is 15.3 Å². The molecule has 122 valence electrons. The molecular weight excluding hydrogens is 332 g/mol. The quantitative estimate of drug-likeness (QED) is 0.655. The molecule has 0 spiro atoms. The fourth-order valence-corrected chi connectivity index (χ4v) is 2.68. The van der Waals surface area contributed by atoms with Crippen LogP contribution in [0.15, 0.2) is 53.4 Å². The number of carbonyl (C=O) groups is 1. The number of carboxylic acids is 1. The van der Waals surface area contributed by atoms with Crippen molar-refractivity contribution in [3.63, 3.8) is 0 Å². The highest BCUT2D eigenvalue weighted by molar-refractivity contribution is 7.89. The van der Waals surface area contributed by atoms with E-state index in [9.17, 15) is 18.3 Å². The fourth-order valence-electron chi connectivity index (χ4n) is 2.12. The first-order valence-electron chi connectivity index (χ1n) is 6.74. The Balaban J connectivity index is 2.09. The molecule has 3 rings (SSSR count). The fraction of sp³-hybridized carbons (Fsp3) is 0. The van der Waals surface area contributed by atoms with Crippen LogP contribution in [0.4, 0.5) is 11.5 Å². The van der Waals surface area contributed by atoms with Gasteiger partial charge in [0.2, 0.25) is 10.0 Å². The molecule has 0 aliphatic rings. The van der Waals surface area contributed by atoms with Crippen LogP contribution in [0.1, 0.15) is 10.5 Å². The van der Waals surface area contributed by atoms with E-state index in [4.69, 9.17) is 5.14 Å². The standard InChI is InChI=1S/C15H12N4O4S/c16-24(22,23)10-5-3-4-9(8-10)17-14-13(15(20)21)18-11-6-1-2-7-12(11)19-14/h1-8H,(H,17,19)(H,20,21)(H2,16,22,23). The predicted octanol–water partition coefficient (Wildman–Crippen LogP) is 1.72. The predicted molar refractivity (Wildman–Crippen MR) is 87.6 cm³/mol. The molecule has 0 fully saturated rings. The summed E-state index contributed by atoms with van der Waals surface area (Å²) < 4.78 is 22.8. The maximum absolute atomic E-state index is 11.4. The van der Waals surface area contributed by atoms with Gasteiger partial charge in [0.25, 0.3) is 0 Å². The van der Waals surface area contributed by atoms with Gasteiger partial charge >= 0.3 is 5.97 Å². The first-order chi connectivity index (χ1) is 11.3. The zero-order chi connectivity index (χ0) is 17.3. The summed E-state index contributed by atoms with van der Waals surface area (Å²) in [5.74, 6) is -1.24. The van der Waals surface area contributed by atoms with Crippen molar-refractivity contribution in [1.29, 1.82) is 0 Å². The molecule has 2 aromatic carbocycles. The van der Waals surface area contributed by atoms with Crippen LogP contribution in [0.5, 0.6) is 0 Å². The number of benzene rings is 2. The number of primary sulfonamides is 1. The van der Waals surface area contributed by atoms with Gasteiger partial charge in [-0.05, 0) is 30.3 Å². The number of nitrogens with zero attached hydrogens (tertiary/aromatic N) is 2. The SMILES string of the molecule is NS(=O)(=O)c1cccc(Nc2nc3ccccc3nc2C(=O)O)c1. The van der Waals surface area contributed by atoms with E-state index in [1.807, 2.05) is 0 Å².